The summed E-state index contributed by atoms with van der Waals surface area (Å²) >= 11 is 11.8. The zero-order chi connectivity index (χ0) is 13.1. The fraction of sp³-hybridized carbons (Fsp3) is 0.143. The summed E-state index contributed by atoms with van der Waals surface area (Å²) in [4.78, 5) is 0. The van der Waals surface area contributed by atoms with E-state index in [1.54, 1.807) is 49.6 Å². The van der Waals surface area contributed by atoms with Crippen LogP contribution in [0.3, 0.4) is 0 Å². The minimum Gasteiger partial charge on any atom is -0.496 e. The highest BCUT2D eigenvalue weighted by Gasteiger charge is 2.15. The molecule has 1 atom stereocenters. The van der Waals surface area contributed by atoms with Crippen LogP contribution in [-0.2, 0) is 0 Å². The lowest BCUT2D eigenvalue weighted by Gasteiger charge is -2.15. The molecule has 0 bridgehead atoms. The van der Waals surface area contributed by atoms with E-state index in [0.717, 1.165) is 5.56 Å². The molecule has 1 unspecified atom stereocenters. The summed E-state index contributed by atoms with van der Waals surface area (Å²) < 4.78 is 5.22. The van der Waals surface area contributed by atoms with Gasteiger partial charge in [0, 0.05) is 15.6 Å². The first-order valence-electron chi connectivity index (χ1n) is 5.39. The van der Waals surface area contributed by atoms with E-state index in [-0.39, 0.29) is 0 Å². The van der Waals surface area contributed by atoms with Gasteiger partial charge >= 0.3 is 0 Å². The van der Waals surface area contributed by atoms with Crippen molar-refractivity contribution in [3.05, 3.63) is 63.6 Å². The van der Waals surface area contributed by atoms with E-state index in [2.05, 4.69) is 0 Å². The molecule has 2 aromatic rings. The normalized spacial score (nSPS) is 12.2. The van der Waals surface area contributed by atoms with E-state index < -0.39 is 6.10 Å². The van der Waals surface area contributed by atoms with Crippen LogP contribution in [0.1, 0.15) is 17.2 Å². The van der Waals surface area contributed by atoms with Crippen molar-refractivity contribution in [2.75, 3.05) is 7.11 Å². The van der Waals surface area contributed by atoms with Crippen molar-refractivity contribution >= 4 is 23.2 Å². The molecule has 0 amide bonds. The average Bonchev–Trinajstić information content (AvgIpc) is 2.39. The summed E-state index contributed by atoms with van der Waals surface area (Å²) in [6, 6.07) is 12.2. The van der Waals surface area contributed by atoms with Crippen molar-refractivity contribution in [2.24, 2.45) is 0 Å². The number of rotatable bonds is 3. The first-order valence-corrected chi connectivity index (χ1v) is 6.14. The van der Waals surface area contributed by atoms with Gasteiger partial charge in [-0.2, -0.15) is 0 Å². The Balaban J connectivity index is 2.41. The smallest absolute Gasteiger partial charge is 0.125 e. The van der Waals surface area contributed by atoms with Crippen LogP contribution in [0.5, 0.6) is 5.75 Å². The Morgan fingerprint density at radius 1 is 1.00 bits per heavy atom. The predicted molar refractivity (Wildman–Crippen MR) is 73.5 cm³/mol. The number of hydrogen-bond donors (Lipinski definition) is 1. The highest BCUT2D eigenvalue weighted by molar-refractivity contribution is 6.30. The molecule has 0 saturated heterocycles. The first-order chi connectivity index (χ1) is 8.61. The molecule has 2 aromatic carbocycles. The van der Waals surface area contributed by atoms with E-state index in [4.69, 9.17) is 27.9 Å². The highest BCUT2D eigenvalue weighted by atomic mass is 35.5. The van der Waals surface area contributed by atoms with Gasteiger partial charge < -0.3 is 9.84 Å². The van der Waals surface area contributed by atoms with Crippen molar-refractivity contribution in [3.63, 3.8) is 0 Å². The maximum absolute atomic E-state index is 10.3. The largest absolute Gasteiger partial charge is 0.496 e. The Labute approximate surface area is 116 Å². The van der Waals surface area contributed by atoms with Crippen molar-refractivity contribution in [1.29, 1.82) is 0 Å². The molecule has 18 heavy (non-hydrogen) atoms. The monoisotopic (exact) mass is 282 g/mol. The molecule has 0 saturated carbocycles. The van der Waals surface area contributed by atoms with Crippen molar-refractivity contribution in [2.45, 2.75) is 6.10 Å². The van der Waals surface area contributed by atoms with Gasteiger partial charge in [0.15, 0.2) is 0 Å². The van der Waals surface area contributed by atoms with Crippen molar-refractivity contribution < 1.29 is 9.84 Å². The quantitative estimate of drug-likeness (QED) is 0.919. The SMILES string of the molecule is COc1ccc(Cl)cc1C(O)c1ccc(Cl)cc1. The maximum atomic E-state index is 10.3. The summed E-state index contributed by atoms with van der Waals surface area (Å²) in [5.74, 6) is 0.599. The standard InChI is InChI=1S/C14H12Cl2O2/c1-18-13-7-6-11(16)8-12(13)14(17)9-2-4-10(15)5-3-9/h2-8,14,17H,1H3. The maximum Gasteiger partial charge on any atom is 0.125 e. The average molecular weight is 283 g/mol. The van der Waals surface area contributed by atoms with Crippen LogP contribution in [-0.4, -0.2) is 12.2 Å². The summed E-state index contributed by atoms with van der Waals surface area (Å²) in [6.07, 6.45) is -0.795. The van der Waals surface area contributed by atoms with E-state index in [1.165, 1.54) is 0 Å². The molecule has 0 aliphatic heterocycles. The third-order valence-corrected chi connectivity index (χ3v) is 3.16. The van der Waals surface area contributed by atoms with Gasteiger partial charge in [0.2, 0.25) is 0 Å². The lowest BCUT2D eigenvalue weighted by atomic mass is 10.0. The number of methoxy groups -OCH3 is 1. The molecular formula is C14H12Cl2O2. The molecular weight excluding hydrogens is 271 g/mol. The van der Waals surface area contributed by atoms with Crippen LogP contribution in [0.25, 0.3) is 0 Å². The molecule has 0 fully saturated rings. The van der Waals surface area contributed by atoms with Crippen molar-refractivity contribution in [1.82, 2.24) is 0 Å². The Bertz CT molecular complexity index is 538. The predicted octanol–water partition coefficient (Wildman–Crippen LogP) is 4.08. The first kappa shape index (κ1) is 13.2. The number of halogens is 2. The van der Waals surface area contributed by atoms with E-state index >= 15 is 0 Å². The molecule has 0 spiro atoms. The molecule has 0 aliphatic carbocycles. The van der Waals surface area contributed by atoms with Gasteiger partial charge in [-0.25, -0.2) is 0 Å². The fourth-order valence-electron chi connectivity index (χ4n) is 1.74. The minimum atomic E-state index is -0.795. The van der Waals surface area contributed by atoms with Gasteiger partial charge in [-0.1, -0.05) is 35.3 Å². The summed E-state index contributed by atoms with van der Waals surface area (Å²) in [6.45, 7) is 0. The highest BCUT2D eigenvalue weighted by Crippen LogP contribution is 2.32. The molecule has 0 heterocycles. The molecule has 2 nitrogen and oxygen atoms in total. The summed E-state index contributed by atoms with van der Waals surface area (Å²) in [5, 5.41) is 11.5. The van der Waals surface area contributed by atoms with Gasteiger partial charge in [0.25, 0.3) is 0 Å². The molecule has 4 heteroatoms. The number of aliphatic hydroxyl groups excluding tert-OH is 1. The lowest BCUT2D eigenvalue weighted by Crippen LogP contribution is -2.02. The molecule has 94 valence electrons. The Morgan fingerprint density at radius 3 is 2.22 bits per heavy atom. The lowest BCUT2D eigenvalue weighted by molar-refractivity contribution is 0.215. The van der Waals surface area contributed by atoms with Gasteiger partial charge in [-0.3, -0.25) is 0 Å². The van der Waals surface area contributed by atoms with E-state index in [0.29, 0.717) is 21.4 Å². The Morgan fingerprint density at radius 2 is 1.61 bits per heavy atom. The topological polar surface area (TPSA) is 29.5 Å². The van der Waals surface area contributed by atoms with Crippen LogP contribution in [0, 0.1) is 0 Å². The third kappa shape index (κ3) is 2.78. The Hall–Kier alpha value is -1.22. The zero-order valence-corrected chi connectivity index (χ0v) is 11.2. The van der Waals surface area contributed by atoms with Crippen LogP contribution in [0.2, 0.25) is 10.0 Å². The zero-order valence-electron chi connectivity index (χ0n) is 9.73. The molecule has 0 aliphatic rings. The number of hydrogen-bond acceptors (Lipinski definition) is 2. The second kappa shape index (κ2) is 5.61. The minimum absolute atomic E-state index is 0.554. The van der Waals surface area contributed by atoms with Crippen LogP contribution < -0.4 is 4.74 Å². The Kier molecular flexibility index (Phi) is 4.12. The van der Waals surface area contributed by atoms with Crippen LogP contribution in [0.4, 0.5) is 0 Å². The van der Waals surface area contributed by atoms with Gasteiger partial charge in [0.1, 0.15) is 11.9 Å². The number of aliphatic hydroxyl groups is 1. The van der Waals surface area contributed by atoms with Crippen LogP contribution >= 0.6 is 23.2 Å². The van der Waals surface area contributed by atoms with Crippen LogP contribution in [0.15, 0.2) is 42.5 Å². The van der Waals surface area contributed by atoms with Gasteiger partial charge in [-0.15, -0.1) is 0 Å². The third-order valence-electron chi connectivity index (χ3n) is 2.67. The van der Waals surface area contributed by atoms with Gasteiger partial charge in [-0.05, 0) is 35.9 Å². The van der Waals surface area contributed by atoms with Crippen molar-refractivity contribution in [3.8, 4) is 5.75 Å². The number of benzene rings is 2. The fourth-order valence-corrected chi connectivity index (χ4v) is 2.05. The van der Waals surface area contributed by atoms with E-state index in [9.17, 15) is 5.11 Å². The molecule has 0 aromatic heterocycles. The molecule has 1 N–H and O–H groups in total. The summed E-state index contributed by atoms with van der Waals surface area (Å²) in [7, 11) is 1.56. The number of ether oxygens (including phenoxy) is 1. The molecule has 0 radical (unpaired) electrons. The second-order valence-corrected chi connectivity index (χ2v) is 4.71. The summed E-state index contributed by atoms with van der Waals surface area (Å²) in [5.41, 5.74) is 1.37. The van der Waals surface area contributed by atoms with E-state index in [1.807, 2.05) is 0 Å². The molecule has 2 rings (SSSR count). The van der Waals surface area contributed by atoms with Gasteiger partial charge in [0.05, 0.1) is 7.11 Å². The second-order valence-electron chi connectivity index (χ2n) is 3.84.